The number of nitrogens with zero attached hydrogens (tertiary/aromatic N) is 1. The Morgan fingerprint density at radius 3 is 2.83 bits per heavy atom. The van der Waals surface area contributed by atoms with Gasteiger partial charge in [0, 0.05) is 6.54 Å². The number of benzene rings is 1. The quantitative estimate of drug-likeness (QED) is 0.893. The van der Waals surface area contributed by atoms with Crippen LogP contribution in [0, 0.1) is 6.92 Å². The summed E-state index contributed by atoms with van der Waals surface area (Å²) in [6.45, 7) is 3.73. The van der Waals surface area contributed by atoms with Crippen molar-refractivity contribution in [1.82, 2.24) is 4.90 Å². The van der Waals surface area contributed by atoms with E-state index < -0.39 is 5.97 Å². The molecule has 0 spiro atoms. The minimum Gasteiger partial charge on any atom is -0.480 e. The van der Waals surface area contributed by atoms with Crippen LogP contribution >= 0.6 is 0 Å². The summed E-state index contributed by atoms with van der Waals surface area (Å²) in [5.74, 6) is -0.675. The molecule has 1 saturated heterocycles. The zero-order chi connectivity index (χ0) is 13.0. The van der Waals surface area contributed by atoms with Crippen LogP contribution in [0.5, 0.6) is 0 Å². The summed E-state index contributed by atoms with van der Waals surface area (Å²) < 4.78 is 0. The molecule has 1 aliphatic heterocycles. The fraction of sp³-hybridized carbons (Fsp3) is 0.533. The Balaban J connectivity index is 2.14. The van der Waals surface area contributed by atoms with Crippen LogP contribution in [0.25, 0.3) is 0 Å². The summed E-state index contributed by atoms with van der Waals surface area (Å²) in [6.07, 6.45) is 4.06. The van der Waals surface area contributed by atoms with Gasteiger partial charge in [0.05, 0.1) is 0 Å². The molecule has 0 bridgehead atoms. The van der Waals surface area contributed by atoms with Crippen molar-refractivity contribution in [1.29, 1.82) is 0 Å². The lowest BCUT2D eigenvalue weighted by molar-refractivity contribution is -0.143. The monoisotopic (exact) mass is 247 g/mol. The minimum absolute atomic E-state index is 0.313. The summed E-state index contributed by atoms with van der Waals surface area (Å²) in [7, 11) is 0. The van der Waals surface area contributed by atoms with Gasteiger partial charge in [-0.1, -0.05) is 37.1 Å². The first-order valence-electron chi connectivity index (χ1n) is 6.70. The molecule has 0 saturated carbocycles. The van der Waals surface area contributed by atoms with Crippen LogP contribution in [0.4, 0.5) is 0 Å². The van der Waals surface area contributed by atoms with Crippen molar-refractivity contribution in [2.45, 2.75) is 45.2 Å². The van der Waals surface area contributed by atoms with Crippen molar-refractivity contribution < 1.29 is 9.90 Å². The molecule has 1 fully saturated rings. The molecule has 3 nitrogen and oxygen atoms in total. The van der Waals surface area contributed by atoms with E-state index in [-0.39, 0.29) is 6.04 Å². The number of hydrogen-bond donors (Lipinski definition) is 1. The molecule has 1 aliphatic rings. The summed E-state index contributed by atoms with van der Waals surface area (Å²) in [5.41, 5.74) is 2.48. The topological polar surface area (TPSA) is 40.5 Å². The van der Waals surface area contributed by atoms with E-state index in [9.17, 15) is 9.90 Å². The number of carboxylic acid groups (broad SMARTS) is 1. The van der Waals surface area contributed by atoms with Crippen LogP contribution in [0.15, 0.2) is 24.3 Å². The Morgan fingerprint density at radius 2 is 2.11 bits per heavy atom. The van der Waals surface area contributed by atoms with E-state index in [0.717, 1.165) is 38.8 Å². The van der Waals surface area contributed by atoms with Gasteiger partial charge in [0.1, 0.15) is 6.04 Å². The summed E-state index contributed by atoms with van der Waals surface area (Å²) >= 11 is 0. The summed E-state index contributed by atoms with van der Waals surface area (Å²) in [6, 6.07) is 7.92. The number of carbonyl (C=O) groups is 1. The Hall–Kier alpha value is -1.35. The van der Waals surface area contributed by atoms with Gasteiger partial charge in [0.25, 0.3) is 0 Å². The van der Waals surface area contributed by atoms with Crippen LogP contribution in [0.1, 0.15) is 36.8 Å². The lowest BCUT2D eigenvalue weighted by Gasteiger charge is -2.27. The van der Waals surface area contributed by atoms with E-state index in [1.807, 2.05) is 12.1 Å². The first kappa shape index (κ1) is 13.1. The predicted octanol–water partition coefficient (Wildman–Crippen LogP) is 2.82. The van der Waals surface area contributed by atoms with Gasteiger partial charge in [-0.2, -0.15) is 0 Å². The summed E-state index contributed by atoms with van der Waals surface area (Å²) in [4.78, 5) is 13.5. The van der Waals surface area contributed by atoms with Gasteiger partial charge in [0.15, 0.2) is 0 Å². The number of carboxylic acids is 1. The van der Waals surface area contributed by atoms with Crippen molar-refractivity contribution in [2.75, 3.05) is 6.54 Å². The molecule has 98 valence electrons. The SMILES string of the molecule is Cc1ccccc1CN1CCCCCC1C(=O)O. The number of rotatable bonds is 3. The second-order valence-electron chi connectivity index (χ2n) is 5.10. The fourth-order valence-corrected chi connectivity index (χ4v) is 2.64. The van der Waals surface area contributed by atoms with Crippen molar-refractivity contribution in [3.63, 3.8) is 0 Å². The van der Waals surface area contributed by atoms with Crippen LogP contribution < -0.4 is 0 Å². The second kappa shape index (κ2) is 6.01. The molecule has 1 N–H and O–H groups in total. The van der Waals surface area contributed by atoms with Crippen LogP contribution in [0.2, 0.25) is 0 Å². The molecule has 3 heteroatoms. The van der Waals surface area contributed by atoms with Crippen molar-refractivity contribution in [3.05, 3.63) is 35.4 Å². The third-order valence-corrected chi connectivity index (χ3v) is 3.78. The lowest BCUT2D eigenvalue weighted by atomic mass is 10.1. The second-order valence-corrected chi connectivity index (χ2v) is 5.10. The third kappa shape index (κ3) is 3.10. The molecule has 1 aromatic rings. The highest BCUT2D eigenvalue weighted by Crippen LogP contribution is 2.20. The van der Waals surface area contributed by atoms with E-state index in [0.29, 0.717) is 0 Å². The van der Waals surface area contributed by atoms with Gasteiger partial charge in [-0.3, -0.25) is 9.69 Å². The largest absolute Gasteiger partial charge is 0.480 e. The Morgan fingerprint density at radius 1 is 1.33 bits per heavy atom. The molecule has 1 aromatic carbocycles. The molecule has 0 radical (unpaired) electrons. The first-order chi connectivity index (χ1) is 8.68. The van der Waals surface area contributed by atoms with Gasteiger partial charge in [-0.25, -0.2) is 0 Å². The standard InChI is InChI=1S/C15H21NO2/c1-12-7-4-5-8-13(12)11-16-10-6-2-3-9-14(16)15(17)18/h4-5,7-8,14H,2-3,6,9-11H2,1H3,(H,17,18). The zero-order valence-corrected chi connectivity index (χ0v) is 10.9. The van der Waals surface area contributed by atoms with Crippen molar-refractivity contribution in [3.8, 4) is 0 Å². The Kier molecular flexibility index (Phi) is 4.37. The highest BCUT2D eigenvalue weighted by molar-refractivity contribution is 5.73. The smallest absolute Gasteiger partial charge is 0.320 e. The molecule has 0 aliphatic carbocycles. The maximum atomic E-state index is 11.4. The van der Waals surface area contributed by atoms with Crippen LogP contribution in [-0.2, 0) is 11.3 Å². The van der Waals surface area contributed by atoms with Crippen molar-refractivity contribution in [2.24, 2.45) is 0 Å². The van der Waals surface area contributed by atoms with E-state index in [1.54, 1.807) is 0 Å². The molecular formula is C15H21NO2. The molecule has 1 atom stereocenters. The number of likely N-dealkylation sites (tertiary alicyclic amines) is 1. The Bertz CT molecular complexity index is 417. The van der Waals surface area contributed by atoms with E-state index in [4.69, 9.17) is 0 Å². The van der Waals surface area contributed by atoms with Crippen LogP contribution in [-0.4, -0.2) is 28.6 Å². The zero-order valence-electron chi connectivity index (χ0n) is 10.9. The molecule has 2 rings (SSSR count). The fourth-order valence-electron chi connectivity index (χ4n) is 2.64. The average Bonchev–Trinajstić information content (AvgIpc) is 2.57. The molecule has 0 aromatic heterocycles. The van der Waals surface area contributed by atoms with Gasteiger partial charge in [0.2, 0.25) is 0 Å². The maximum Gasteiger partial charge on any atom is 0.320 e. The third-order valence-electron chi connectivity index (χ3n) is 3.78. The number of hydrogen-bond acceptors (Lipinski definition) is 2. The van der Waals surface area contributed by atoms with Gasteiger partial charge >= 0.3 is 5.97 Å². The lowest BCUT2D eigenvalue weighted by Crippen LogP contribution is -2.40. The maximum absolute atomic E-state index is 11.4. The van der Waals surface area contributed by atoms with Crippen molar-refractivity contribution >= 4 is 5.97 Å². The average molecular weight is 247 g/mol. The molecule has 18 heavy (non-hydrogen) atoms. The van der Waals surface area contributed by atoms with Gasteiger partial charge in [-0.15, -0.1) is 0 Å². The molecule has 1 unspecified atom stereocenters. The predicted molar refractivity (Wildman–Crippen MR) is 71.5 cm³/mol. The first-order valence-corrected chi connectivity index (χ1v) is 6.70. The minimum atomic E-state index is -0.675. The van der Waals surface area contributed by atoms with E-state index >= 15 is 0 Å². The number of aryl methyl sites for hydroxylation is 1. The van der Waals surface area contributed by atoms with Crippen LogP contribution in [0.3, 0.4) is 0 Å². The highest BCUT2D eigenvalue weighted by Gasteiger charge is 2.27. The molecular weight excluding hydrogens is 226 g/mol. The Labute approximate surface area is 108 Å². The normalized spacial score (nSPS) is 21.5. The summed E-state index contributed by atoms with van der Waals surface area (Å²) in [5, 5.41) is 9.34. The highest BCUT2D eigenvalue weighted by atomic mass is 16.4. The molecule has 0 amide bonds. The van der Waals surface area contributed by atoms with Gasteiger partial charge < -0.3 is 5.11 Å². The van der Waals surface area contributed by atoms with E-state index in [1.165, 1.54) is 11.1 Å². The number of aliphatic carboxylic acids is 1. The van der Waals surface area contributed by atoms with Gasteiger partial charge in [-0.05, 0) is 37.4 Å². The molecule has 1 heterocycles. The van der Waals surface area contributed by atoms with E-state index in [2.05, 4.69) is 24.0 Å².